The Hall–Kier alpha value is -3.16. The van der Waals surface area contributed by atoms with Gasteiger partial charge in [-0.05, 0) is 18.6 Å². The van der Waals surface area contributed by atoms with Gasteiger partial charge in [-0.1, -0.05) is 30.8 Å². The van der Waals surface area contributed by atoms with Crippen molar-refractivity contribution >= 4 is 11.4 Å². The molecule has 3 rings (SSSR count). The number of halogens is 5. The molecule has 2 aromatic carbocycles. The summed E-state index contributed by atoms with van der Waals surface area (Å²) in [5.74, 6) is -1.93. The summed E-state index contributed by atoms with van der Waals surface area (Å²) < 4.78 is 69.5. The second-order valence-corrected chi connectivity index (χ2v) is 6.29. The maximum atomic E-state index is 14.6. The van der Waals surface area contributed by atoms with Gasteiger partial charge in [0.15, 0.2) is 5.69 Å². The third kappa shape index (κ3) is 3.76. The van der Waals surface area contributed by atoms with Crippen molar-refractivity contribution in [3.05, 3.63) is 77.6 Å². The quantitative estimate of drug-likeness (QED) is 0.570. The summed E-state index contributed by atoms with van der Waals surface area (Å²) in [6.45, 7) is 5.66. The number of alkyl halides is 3. The molecule has 0 fully saturated rings. The molecular formula is C20H16F5N3. The van der Waals surface area contributed by atoms with Gasteiger partial charge in [0.05, 0.1) is 5.69 Å². The van der Waals surface area contributed by atoms with Crippen molar-refractivity contribution in [3.63, 3.8) is 0 Å². The third-order valence-electron chi connectivity index (χ3n) is 4.20. The lowest BCUT2D eigenvalue weighted by Crippen LogP contribution is -2.09. The number of nitrogens with one attached hydrogen (secondary N) is 1. The first-order chi connectivity index (χ1) is 13.1. The minimum Gasteiger partial charge on any atom is -0.353 e. The summed E-state index contributed by atoms with van der Waals surface area (Å²) in [5, 5.41) is 6.01. The summed E-state index contributed by atoms with van der Waals surface area (Å²) in [6, 6.07) is 8.72. The van der Waals surface area contributed by atoms with Crippen molar-refractivity contribution in [2.75, 3.05) is 5.32 Å². The van der Waals surface area contributed by atoms with Gasteiger partial charge in [0, 0.05) is 41.7 Å². The molecule has 0 radical (unpaired) electrons. The van der Waals surface area contributed by atoms with E-state index in [9.17, 15) is 22.0 Å². The van der Waals surface area contributed by atoms with Crippen LogP contribution in [0.1, 0.15) is 16.8 Å². The first kappa shape index (κ1) is 19.6. The van der Waals surface area contributed by atoms with Crippen molar-refractivity contribution < 1.29 is 22.0 Å². The highest BCUT2D eigenvalue weighted by Gasteiger charge is 2.38. The van der Waals surface area contributed by atoms with E-state index in [1.165, 1.54) is 7.05 Å². The number of hydrogen-bond acceptors (Lipinski definition) is 2. The van der Waals surface area contributed by atoms with Gasteiger partial charge in [0.2, 0.25) is 0 Å². The number of anilines is 1. The molecule has 3 aromatic rings. The zero-order chi connectivity index (χ0) is 20.6. The lowest BCUT2D eigenvalue weighted by Gasteiger charge is -2.14. The highest BCUT2D eigenvalue weighted by molar-refractivity contribution is 5.78. The molecule has 0 atom stereocenters. The zero-order valence-corrected chi connectivity index (χ0v) is 15.0. The predicted molar refractivity (Wildman–Crippen MR) is 97.4 cm³/mol. The maximum absolute atomic E-state index is 14.6. The van der Waals surface area contributed by atoms with E-state index in [2.05, 4.69) is 17.0 Å². The number of aryl methyl sites for hydroxylation is 2. The molecule has 0 unspecified atom stereocenters. The normalized spacial score (nSPS) is 11.5. The minimum atomic E-state index is -4.80. The standard InChI is InChI=1S/C20H16F5N3/c1-11-6-4-5-7-13(11)12(2)26-18-9-16(21)14(8-17(18)22)15-10-28(3)27-19(15)20(23,24)25/h4-10,26H,2H2,1,3H3. The summed E-state index contributed by atoms with van der Waals surface area (Å²) in [4.78, 5) is 0. The molecule has 3 nitrogen and oxygen atoms in total. The molecule has 0 saturated carbocycles. The van der Waals surface area contributed by atoms with Gasteiger partial charge in [-0.2, -0.15) is 18.3 Å². The summed E-state index contributed by atoms with van der Waals surface area (Å²) >= 11 is 0. The molecule has 0 aliphatic rings. The Morgan fingerprint density at radius 3 is 2.39 bits per heavy atom. The molecule has 0 spiro atoms. The van der Waals surface area contributed by atoms with Crippen molar-refractivity contribution in [2.45, 2.75) is 13.1 Å². The Kier molecular flexibility index (Phi) is 4.97. The largest absolute Gasteiger partial charge is 0.435 e. The van der Waals surface area contributed by atoms with Gasteiger partial charge in [-0.25, -0.2) is 8.78 Å². The molecule has 0 bridgehead atoms. The SMILES string of the molecule is C=C(Nc1cc(F)c(-c2cn(C)nc2C(F)(F)F)cc1F)c1ccccc1C. The van der Waals surface area contributed by atoms with Gasteiger partial charge >= 0.3 is 6.18 Å². The number of nitrogens with zero attached hydrogens (tertiary/aromatic N) is 2. The van der Waals surface area contributed by atoms with Gasteiger partial charge in [0.25, 0.3) is 0 Å². The fourth-order valence-corrected chi connectivity index (χ4v) is 2.89. The van der Waals surface area contributed by atoms with Crippen LogP contribution in [0.2, 0.25) is 0 Å². The molecule has 1 heterocycles. The fraction of sp³-hybridized carbons (Fsp3) is 0.150. The second-order valence-electron chi connectivity index (χ2n) is 6.29. The van der Waals surface area contributed by atoms with E-state index in [1.807, 2.05) is 19.1 Å². The predicted octanol–water partition coefficient (Wildman–Crippen LogP) is 5.78. The molecule has 0 amide bonds. The van der Waals surface area contributed by atoms with Gasteiger partial charge in [0.1, 0.15) is 11.6 Å². The van der Waals surface area contributed by atoms with Gasteiger partial charge < -0.3 is 5.32 Å². The van der Waals surface area contributed by atoms with Crippen LogP contribution in [-0.4, -0.2) is 9.78 Å². The number of benzene rings is 2. The molecule has 0 saturated heterocycles. The monoisotopic (exact) mass is 393 g/mol. The van der Waals surface area contributed by atoms with Gasteiger partial charge in [-0.3, -0.25) is 4.68 Å². The zero-order valence-electron chi connectivity index (χ0n) is 15.0. The number of rotatable bonds is 4. The topological polar surface area (TPSA) is 29.9 Å². The Balaban J connectivity index is 1.99. The van der Waals surface area contributed by atoms with E-state index in [0.29, 0.717) is 11.3 Å². The molecule has 0 aliphatic carbocycles. The average Bonchev–Trinajstić information content (AvgIpc) is 3.00. The maximum Gasteiger partial charge on any atom is 0.435 e. The Morgan fingerprint density at radius 1 is 1.07 bits per heavy atom. The van der Waals surface area contributed by atoms with Crippen molar-refractivity contribution in [3.8, 4) is 11.1 Å². The number of hydrogen-bond donors (Lipinski definition) is 1. The van der Waals surface area contributed by atoms with E-state index < -0.39 is 34.6 Å². The van der Waals surface area contributed by atoms with Crippen LogP contribution in [-0.2, 0) is 13.2 Å². The van der Waals surface area contributed by atoms with E-state index in [1.54, 1.807) is 12.1 Å². The number of aromatic nitrogens is 2. The van der Waals surface area contributed by atoms with Crippen LogP contribution in [0.4, 0.5) is 27.6 Å². The Morgan fingerprint density at radius 2 is 1.75 bits per heavy atom. The molecule has 28 heavy (non-hydrogen) atoms. The van der Waals surface area contributed by atoms with E-state index >= 15 is 0 Å². The van der Waals surface area contributed by atoms with Crippen molar-refractivity contribution in [1.29, 1.82) is 0 Å². The first-order valence-corrected chi connectivity index (χ1v) is 8.20. The van der Waals surface area contributed by atoms with Crippen LogP contribution in [0.5, 0.6) is 0 Å². The summed E-state index contributed by atoms with van der Waals surface area (Å²) in [6.07, 6.45) is -3.80. The summed E-state index contributed by atoms with van der Waals surface area (Å²) in [7, 11) is 1.27. The minimum absolute atomic E-state index is 0.230. The van der Waals surface area contributed by atoms with Crippen molar-refractivity contribution in [1.82, 2.24) is 9.78 Å². The highest BCUT2D eigenvalue weighted by atomic mass is 19.4. The third-order valence-corrected chi connectivity index (χ3v) is 4.20. The first-order valence-electron chi connectivity index (χ1n) is 8.20. The Labute approximate surface area is 158 Å². The van der Waals surface area contributed by atoms with E-state index in [0.717, 1.165) is 28.6 Å². The van der Waals surface area contributed by atoms with E-state index in [-0.39, 0.29) is 5.69 Å². The Bertz CT molecular complexity index is 1050. The lowest BCUT2D eigenvalue weighted by atomic mass is 10.0. The molecule has 1 N–H and O–H groups in total. The molecule has 8 heteroatoms. The van der Waals surface area contributed by atoms with Crippen LogP contribution in [0.3, 0.4) is 0 Å². The van der Waals surface area contributed by atoms with Crippen molar-refractivity contribution in [2.24, 2.45) is 7.05 Å². The van der Waals surface area contributed by atoms with Crippen LogP contribution in [0.15, 0.2) is 49.2 Å². The lowest BCUT2D eigenvalue weighted by molar-refractivity contribution is -0.141. The molecule has 146 valence electrons. The summed E-state index contributed by atoms with van der Waals surface area (Å²) in [5.41, 5.74) is -0.645. The van der Waals surface area contributed by atoms with Crippen LogP contribution >= 0.6 is 0 Å². The van der Waals surface area contributed by atoms with Crippen LogP contribution in [0, 0.1) is 18.6 Å². The smallest absolute Gasteiger partial charge is 0.353 e. The van der Waals surface area contributed by atoms with E-state index in [4.69, 9.17) is 0 Å². The molecule has 1 aromatic heterocycles. The highest BCUT2D eigenvalue weighted by Crippen LogP contribution is 2.38. The average molecular weight is 393 g/mol. The van der Waals surface area contributed by atoms with Crippen LogP contribution in [0.25, 0.3) is 16.8 Å². The second kappa shape index (κ2) is 7.10. The molecular weight excluding hydrogens is 377 g/mol. The van der Waals surface area contributed by atoms with Gasteiger partial charge in [-0.15, -0.1) is 0 Å². The fourth-order valence-electron chi connectivity index (χ4n) is 2.89. The molecule has 0 aliphatic heterocycles. The van der Waals surface area contributed by atoms with Crippen LogP contribution < -0.4 is 5.32 Å².